The van der Waals surface area contributed by atoms with Gasteiger partial charge in [0.25, 0.3) is 0 Å². The Morgan fingerprint density at radius 3 is 2.60 bits per heavy atom. The first-order valence-electron chi connectivity index (χ1n) is 4.74. The Bertz CT molecular complexity index is 471. The van der Waals surface area contributed by atoms with Gasteiger partial charge in [0.15, 0.2) is 0 Å². The first-order chi connectivity index (χ1) is 7.08. The van der Waals surface area contributed by atoms with Crippen molar-refractivity contribution in [3.05, 3.63) is 16.8 Å². The highest BCUT2D eigenvalue weighted by atomic mass is 32.1. The summed E-state index contributed by atoms with van der Waals surface area (Å²) in [5.41, 5.74) is 6.68. The van der Waals surface area contributed by atoms with Crippen molar-refractivity contribution in [3.8, 4) is 5.13 Å². The molecule has 0 fully saturated rings. The summed E-state index contributed by atoms with van der Waals surface area (Å²) in [5, 5.41) is 14.1. The van der Waals surface area contributed by atoms with Crippen LogP contribution in [0.15, 0.2) is 6.07 Å². The molecule has 6 heteroatoms. The molecule has 0 saturated heterocycles. The monoisotopic (exact) mass is 223 g/mol. The van der Waals surface area contributed by atoms with E-state index in [-0.39, 0.29) is 0 Å². The third kappa shape index (κ3) is 1.85. The lowest BCUT2D eigenvalue weighted by atomic mass is 10.2. The minimum Gasteiger partial charge on any atom is -0.383 e. The summed E-state index contributed by atoms with van der Waals surface area (Å²) < 4.78 is 1.62. The smallest absolute Gasteiger partial charge is 0.234 e. The molecule has 0 atom stereocenters. The van der Waals surface area contributed by atoms with Crippen LogP contribution >= 0.6 is 11.3 Å². The van der Waals surface area contributed by atoms with E-state index in [4.69, 9.17) is 5.73 Å². The van der Waals surface area contributed by atoms with Gasteiger partial charge in [-0.1, -0.05) is 25.2 Å². The zero-order valence-corrected chi connectivity index (χ0v) is 9.75. The molecule has 0 aromatic carbocycles. The second kappa shape index (κ2) is 3.62. The van der Waals surface area contributed by atoms with Gasteiger partial charge in [-0.05, 0) is 6.92 Å². The SMILES string of the molecule is Cc1cc(N)n(-c2nnc(C(C)C)s2)n1. The van der Waals surface area contributed by atoms with Gasteiger partial charge < -0.3 is 5.73 Å². The summed E-state index contributed by atoms with van der Waals surface area (Å²) in [6, 6.07) is 1.82. The van der Waals surface area contributed by atoms with Crippen molar-refractivity contribution in [2.75, 3.05) is 5.73 Å². The molecule has 0 spiro atoms. The van der Waals surface area contributed by atoms with Crippen molar-refractivity contribution in [1.82, 2.24) is 20.0 Å². The lowest BCUT2D eigenvalue weighted by Gasteiger charge is -1.96. The Hall–Kier alpha value is -1.43. The fourth-order valence-electron chi connectivity index (χ4n) is 1.22. The number of anilines is 1. The van der Waals surface area contributed by atoms with Crippen LogP contribution in [0.25, 0.3) is 5.13 Å². The third-order valence-electron chi connectivity index (χ3n) is 1.96. The van der Waals surface area contributed by atoms with Gasteiger partial charge in [-0.2, -0.15) is 9.78 Å². The van der Waals surface area contributed by atoms with Crippen molar-refractivity contribution in [1.29, 1.82) is 0 Å². The van der Waals surface area contributed by atoms with E-state index in [2.05, 4.69) is 29.1 Å². The maximum atomic E-state index is 5.80. The molecule has 0 bridgehead atoms. The van der Waals surface area contributed by atoms with E-state index in [0.29, 0.717) is 11.7 Å². The number of nitrogens with zero attached hydrogens (tertiary/aromatic N) is 4. The molecule has 0 aliphatic carbocycles. The number of hydrogen-bond donors (Lipinski definition) is 1. The molecular formula is C9H13N5S. The molecule has 15 heavy (non-hydrogen) atoms. The molecule has 2 heterocycles. The quantitative estimate of drug-likeness (QED) is 0.841. The Kier molecular flexibility index (Phi) is 2.44. The highest BCUT2D eigenvalue weighted by molar-refractivity contribution is 7.13. The van der Waals surface area contributed by atoms with E-state index in [1.54, 1.807) is 4.68 Å². The molecule has 0 aliphatic heterocycles. The fourth-order valence-corrected chi connectivity index (χ4v) is 2.04. The second-order valence-corrected chi connectivity index (χ2v) is 4.69. The van der Waals surface area contributed by atoms with E-state index in [0.717, 1.165) is 15.8 Å². The topological polar surface area (TPSA) is 69.6 Å². The van der Waals surface area contributed by atoms with Crippen molar-refractivity contribution < 1.29 is 0 Å². The third-order valence-corrected chi connectivity index (χ3v) is 3.16. The molecule has 0 unspecified atom stereocenters. The minimum absolute atomic E-state index is 0.383. The Balaban J connectivity index is 2.41. The largest absolute Gasteiger partial charge is 0.383 e. The Labute approximate surface area is 91.9 Å². The van der Waals surface area contributed by atoms with Crippen LogP contribution in [0.4, 0.5) is 5.82 Å². The lowest BCUT2D eigenvalue weighted by molar-refractivity contribution is 0.803. The number of rotatable bonds is 2. The average Bonchev–Trinajstić information content (AvgIpc) is 2.71. The van der Waals surface area contributed by atoms with Gasteiger partial charge >= 0.3 is 0 Å². The maximum absolute atomic E-state index is 5.80. The Morgan fingerprint density at radius 2 is 2.13 bits per heavy atom. The van der Waals surface area contributed by atoms with Crippen molar-refractivity contribution in [2.45, 2.75) is 26.7 Å². The zero-order valence-electron chi connectivity index (χ0n) is 8.93. The van der Waals surface area contributed by atoms with Crippen molar-refractivity contribution in [3.63, 3.8) is 0 Å². The van der Waals surface area contributed by atoms with Crippen molar-refractivity contribution >= 4 is 17.2 Å². The zero-order chi connectivity index (χ0) is 11.0. The van der Waals surface area contributed by atoms with E-state index in [1.165, 1.54) is 11.3 Å². The number of hydrogen-bond acceptors (Lipinski definition) is 5. The molecular weight excluding hydrogens is 210 g/mol. The van der Waals surface area contributed by atoms with Crippen LogP contribution in [-0.4, -0.2) is 20.0 Å². The van der Waals surface area contributed by atoms with Gasteiger partial charge in [0.2, 0.25) is 5.13 Å². The summed E-state index contributed by atoms with van der Waals surface area (Å²) in [6.45, 7) is 6.07. The first-order valence-corrected chi connectivity index (χ1v) is 5.55. The molecule has 0 saturated carbocycles. The number of nitrogens with two attached hydrogens (primary N) is 1. The van der Waals surface area contributed by atoms with Gasteiger partial charge in [0.05, 0.1) is 5.69 Å². The summed E-state index contributed by atoms with van der Waals surface area (Å²) in [6.07, 6.45) is 0. The molecule has 80 valence electrons. The highest BCUT2D eigenvalue weighted by Crippen LogP contribution is 2.23. The Morgan fingerprint density at radius 1 is 1.40 bits per heavy atom. The van der Waals surface area contributed by atoms with Crippen LogP contribution in [0, 0.1) is 6.92 Å². The number of aromatic nitrogens is 4. The summed E-state index contributed by atoms with van der Waals surface area (Å²) in [7, 11) is 0. The van der Waals surface area contributed by atoms with Gasteiger partial charge in [-0.25, -0.2) is 0 Å². The van der Waals surface area contributed by atoms with E-state index >= 15 is 0 Å². The second-order valence-electron chi connectivity index (χ2n) is 3.70. The number of aryl methyl sites for hydroxylation is 1. The van der Waals surface area contributed by atoms with E-state index < -0.39 is 0 Å². The van der Waals surface area contributed by atoms with Crippen molar-refractivity contribution in [2.24, 2.45) is 0 Å². The minimum atomic E-state index is 0.383. The van der Waals surface area contributed by atoms with Gasteiger partial charge in [-0.15, -0.1) is 10.2 Å². The molecule has 0 amide bonds. The fraction of sp³-hybridized carbons (Fsp3) is 0.444. The van der Waals surface area contributed by atoms with Crippen LogP contribution in [0.3, 0.4) is 0 Å². The van der Waals surface area contributed by atoms with E-state index in [9.17, 15) is 0 Å². The van der Waals surface area contributed by atoms with Gasteiger partial charge in [-0.3, -0.25) is 0 Å². The standard InChI is InChI=1S/C9H13N5S/c1-5(2)8-11-12-9(15-8)14-7(10)4-6(3)13-14/h4-5H,10H2,1-3H3. The highest BCUT2D eigenvalue weighted by Gasteiger charge is 2.12. The maximum Gasteiger partial charge on any atom is 0.234 e. The average molecular weight is 223 g/mol. The summed E-state index contributed by atoms with van der Waals surface area (Å²) in [5.74, 6) is 0.980. The molecule has 2 N–H and O–H groups in total. The van der Waals surface area contributed by atoms with Crippen LogP contribution in [0.5, 0.6) is 0 Å². The van der Waals surface area contributed by atoms with Gasteiger partial charge in [0, 0.05) is 12.0 Å². The van der Waals surface area contributed by atoms with E-state index in [1.807, 2.05) is 13.0 Å². The van der Waals surface area contributed by atoms with Crippen LogP contribution in [0.1, 0.15) is 30.5 Å². The summed E-state index contributed by atoms with van der Waals surface area (Å²) in [4.78, 5) is 0. The summed E-state index contributed by atoms with van der Waals surface area (Å²) >= 11 is 1.52. The predicted molar refractivity (Wildman–Crippen MR) is 60.3 cm³/mol. The van der Waals surface area contributed by atoms with Crippen LogP contribution in [-0.2, 0) is 0 Å². The normalized spacial score (nSPS) is 11.2. The molecule has 5 nitrogen and oxygen atoms in total. The predicted octanol–water partition coefficient (Wildman–Crippen LogP) is 1.74. The lowest BCUT2D eigenvalue weighted by Crippen LogP contribution is -2.00. The molecule has 2 aromatic rings. The molecule has 0 aliphatic rings. The van der Waals surface area contributed by atoms with Crippen LogP contribution < -0.4 is 5.73 Å². The van der Waals surface area contributed by atoms with Gasteiger partial charge in [0.1, 0.15) is 10.8 Å². The molecule has 2 rings (SSSR count). The number of nitrogen functional groups attached to an aromatic ring is 1. The van der Waals surface area contributed by atoms with Crippen LogP contribution in [0.2, 0.25) is 0 Å². The molecule has 0 radical (unpaired) electrons. The first kappa shape index (κ1) is 10.1. The molecule has 2 aromatic heterocycles.